The highest BCUT2D eigenvalue weighted by Gasteiger charge is 2.00. The van der Waals surface area contributed by atoms with Gasteiger partial charge in [-0.2, -0.15) is 11.8 Å². The fourth-order valence-corrected chi connectivity index (χ4v) is 1.74. The lowest BCUT2D eigenvalue weighted by atomic mass is 10.2. The van der Waals surface area contributed by atoms with Crippen LogP contribution in [-0.2, 0) is 10.1 Å². The molecule has 14 heavy (non-hydrogen) atoms. The highest BCUT2D eigenvalue weighted by Crippen LogP contribution is 2.13. The Morgan fingerprint density at radius 1 is 1.57 bits per heavy atom. The van der Waals surface area contributed by atoms with Crippen molar-refractivity contribution in [3.63, 3.8) is 0 Å². The fourth-order valence-electron chi connectivity index (χ4n) is 1.06. The third kappa shape index (κ3) is 3.72. The van der Waals surface area contributed by atoms with Crippen molar-refractivity contribution in [1.82, 2.24) is 0 Å². The molecule has 0 radical (unpaired) electrons. The van der Waals surface area contributed by atoms with Crippen molar-refractivity contribution in [3.05, 3.63) is 29.8 Å². The monoisotopic (exact) mass is 273 g/mol. The van der Waals surface area contributed by atoms with Gasteiger partial charge in [-0.15, -0.1) is 0 Å². The summed E-state index contributed by atoms with van der Waals surface area (Å²) in [5.41, 5.74) is 2.02. The third-order valence-electron chi connectivity index (χ3n) is 1.64. The number of carbonyl (C=O) groups is 1. The second-order valence-electron chi connectivity index (χ2n) is 2.82. The number of anilines is 1. The van der Waals surface area contributed by atoms with Crippen LogP contribution >= 0.6 is 27.7 Å². The molecule has 0 unspecified atom stereocenters. The molecule has 0 aliphatic heterocycles. The SMILES string of the molecule is CSCC(=O)Nc1cccc(CBr)c1. The van der Waals surface area contributed by atoms with Gasteiger partial charge in [0.1, 0.15) is 0 Å². The molecule has 0 bridgehead atoms. The highest BCUT2D eigenvalue weighted by atomic mass is 79.9. The maximum Gasteiger partial charge on any atom is 0.234 e. The van der Waals surface area contributed by atoms with Crippen molar-refractivity contribution < 1.29 is 4.79 Å². The Kier molecular flexibility index (Phi) is 5.04. The Bertz CT molecular complexity index is 317. The summed E-state index contributed by atoms with van der Waals surface area (Å²) in [5, 5.41) is 3.64. The molecule has 1 amide bonds. The van der Waals surface area contributed by atoms with E-state index in [2.05, 4.69) is 21.2 Å². The first kappa shape index (κ1) is 11.6. The molecule has 0 aromatic heterocycles. The van der Waals surface area contributed by atoms with Gasteiger partial charge < -0.3 is 5.32 Å². The summed E-state index contributed by atoms with van der Waals surface area (Å²) < 4.78 is 0. The molecular formula is C10H12BrNOS. The van der Waals surface area contributed by atoms with Crippen molar-refractivity contribution in [1.29, 1.82) is 0 Å². The lowest BCUT2D eigenvalue weighted by Crippen LogP contribution is -2.13. The molecule has 4 heteroatoms. The molecule has 0 saturated carbocycles. The number of hydrogen-bond acceptors (Lipinski definition) is 2. The number of thioether (sulfide) groups is 1. The molecule has 0 saturated heterocycles. The average molecular weight is 274 g/mol. The summed E-state index contributed by atoms with van der Waals surface area (Å²) in [6.45, 7) is 0. The lowest BCUT2D eigenvalue weighted by molar-refractivity contribution is -0.113. The Morgan fingerprint density at radius 3 is 3.00 bits per heavy atom. The van der Waals surface area contributed by atoms with E-state index in [4.69, 9.17) is 0 Å². The van der Waals surface area contributed by atoms with Gasteiger partial charge in [-0.25, -0.2) is 0 Å². The quantitative estimate of drug-likeness (QED) is 0.855. The largest absolute Gasteiger partial charge is 0.325 e. The standard InChI is InChI=1S/C10H12BrNOS/c1-14-7-10(13)12-9-4-2-3-8(5-9)6-11/h2-5H,6-7H2,1H3,(H,12,13). The summed E-state index contributed by atoms with van der Waals surface area (Å²) in [6.07, 6.45) is 1.91. The van der Waals surface area contributed by atoms with Crippen molar-refractivity contribution >= 4 is 39.3 Å². The fraction of sp³-hybridized carbons (Fsp3) is 0.300. The third-order valence-corrected chi connectivity index (χ3v) is 2.84. The summed E-state index contributed by atoms with van der Waals surface area (Å²) in [4.78, 5) is 11.3. The summed E-state index contributed by atoms with van der Waals surface area (Å²) >= 11 is 4.89. The number of amides is 1. The number of alkyl halides is 1. The van der Waals surface area contributed by atoms with E-state index < -0.39 is 0 Å². The van der Waals surface area contributed by atoms with Crippen LogP contribution in [0.15, 0.2) is 24.3 Å². The Hall–Kier alpha value is -0.480. The van der Waals surface area contributed by atoms with Crippen molar-refractivity contribution in [2.24, 2.45) is 0 Å². The smallest absolute Gasteiger partial charge is 0.234 e. The minimum atomic E-state index is 0.0456. The first-order chi connectivity index (χ1) is 6.76. The van der Waals surface area contributed by atoms with Crippen molar-refractivity contribution in [2.75, 3.05) is 17.3 Å². The van der Waals surface area contributed by atoms with Crippen LogP contribution in [0.4, 0.5) is 5.69 Å². The number of benzene rings is 1. The van der Waals surface area contributed by atoms with E-state index in [1.54, 1.807) is 0 Å². The Labute approximate surface area is 96.6 Å². The van der Waals surface area contributed by atoms with Gasteiger partial charge in [0.15, 0.2) is 0 Å². The van der Waals surface area contributed by atoms with Crippen LogP contribution in [0.1, 0.15) is 5.56 Å². The van der Waals surface area contributed by atoms with Crippen molar-refractivity contribution in [3.8, 4) is 0 Å². The first-order valence-electron chi connectivity index (χ1n) is 4.20. The van der Waals surface area contributed by atoms with E-state index in [9.17, 15) is 4.79 Å². The van der Waals surface area contributed by atoms with Crippen LogP contribution in [0.3, 0.4) is 0 Å². The zero-order valence-electron chi connectivity index (χ0n) is 7.92. The van der Waals surface area contributed by atoms with Gasteiger partial charge in [0.25, 0.3) is 0 Å². The predicted octanol–water partition coefficient (Wildman–Crippen LogP) is 2.88. The molecule has 1 rings (SSSR count). The molecule has 1 aromatic carbocycles. The zero-order chi connectivity index (χ0) is 10.4. The van der Waals surface area contributed by atoms with Gasteiger partial charge in [-0.1, -0.05) is 28.1 Å². The van der Waals surface area contributed by atoms with Crippen molar-refractivity contribution in [2.45, 2.75) is 5.33 Å². The van der Waals surface area contributed by atoms with Gasteiger partial charge in [0.05, 0.1) is 5.75 Å². The van der Waals surface area contributed by atoms with Crippen LogP contribution in [0.25, 0.3) is 0 Å². The molecule has 0 fully saturated rings. The molecule has 2 nitrogen and oxygen atoms in total. The summed E-state index contributed by atoms with van der Waals surface area (Å²) in [6, 6.07) is 7.81. The average Bonchev–Trinajstić information content (AvgIpc) is 2.18. The molecular weight excluding hydrogens is 262 g/mol. The number of rotatable bonds is 4. The topological polar surface area (TPSA) is 29.1 Å². The highest BCUT2D eigenvalue weighted by molar-refractivity contribution is 9.08. The van der Waals surface area contributed by atoms with Crippen LogP contribution in [-0.4, -0.2) is 17.9 Å². The molecule has 0 atom stereocenters. The van der Waals surface area contributed by atoms with E-state index in [1.807, 2.05) is 30.5 Å². The molecule has 76 valence electrons. The van der Waals surface area contributed by atoms with Crippen LogP contribution in [0.5, 0.6) is 0 Å². The van der Waals surface area contributed by atoms with Gasteiger partial charge in [0, 0.05) is 11.0 Å². The number of carbonyl (C=O) groups excluding carboxylic acids is 1. The van der Waals surface area contributed by atoms with Crippen LogP contribution in [0, 0.1) is 0 Å². The summed E-state index contributed by atoms with van der Waals surface area (Å²) in [7, 11) is 0. The van der Waals surface area contributed by atoms with E-state index >= 15 is 0 Å². The zero-order valence-corrected chi connectivity index (χ0v) is 10.3. The van der Waals surface area contributed by atoms with Gasteiger partial charge in [-0.05, 0) is 24.0 Å². The molecule has 0 spiro atoms. The first-order valence-corrected chi connectivity index (χ1v) is 6.71. The lowest BCUT2D eigenvalue weighted by Gasteiger charge is -2.04. The molecule has 0 aliphatic rings. The normalized spacial score (nSPS) is 9.86. The van der Waals surface area contributed by atoms with Gasteiger partial charge in [0.2, 0.25) is 5.91 Å². The summed E-state index contributed by atoms with van der Waals surface area (Å²) in [5.74, 6) is 0.544. The van der Waals surface area contributed by atoms with Gasteiger partial charge in [-0.3, -0.25) is 4.79 Å². The van der Waals surface area contributed by atoms with Crippen LogP contribution in [0.2, 0.25) is 0 Å². The van der Waals surface area contributed by atoms with E-state index in [-0.39, 0.29) is 5.91 Å². The predicted molar refractivity (Wildman–Crippen MR) is 66.1 cm³/mol. The number of hydrogen-bond donors (Lipinski definition) is 1. The number of halogens is 1. The Morgan fingerprint density at radius 2 is 2.36 bits per heavy atom. The second-order valence-corrected chi connectivity index (χ2v) is 4.24. The molecule has 1 aromatic rings. The van der Waals surface area contributed by atoms with E-state index in [1.165, 1.54) is 11.8 Å². The second kappa shape index (κ2) is 6.09. The molecule has 1 N–H and O–H groups in total. The maximum atomic E-state index is 11.3. The minimum Gasteiger partial charge on any atom is -0.325 e. The minimum absolute atomic E-state index is 0.0456. The maximum absolute atomic E-state index is 11.3. The number of nitrogens with one attached hydrogen (secondary N) is 1. The molecule has 0 aliphatic carbocycles. The molecule has 0 heterocycles. The van der Waals surface area contributed by atoms with E-state index in [0.29, 0.717) is 5.75 Å². The van der Waals surface area contributed by atoms with Crippen LogP contribution < -0.4 is 5.32 Å². The van der Waals surface area contributed by atoms with Gasteiger partial charge >= 0.3 is 0 Å². The van der Waals surface area contributed by atoms with E-state index in [0.717, 1.165) is 16.6 Å². The Balaban J connectivity index is 2.62.